The number of anilines is 1. The molecule has 0 spiro atoms. The molecule has 19 heavy (non-hydrogen) atoms. The molecule has 1 aliphatic rings. The van der Waals surface area contributed by atoms with Gasteiger partial charge in [0.1, 0.15) is 0 Å². The molecule has 1 aromatic carbocycles. The van der Waals surface area contributed by atoms with Gasteiger partial charge in [-0.1, -0.05) is 31.9 Å². The van der Waals surface area contributed by atoms with Gasteiger partial charge in [-0.2, -0.15) is 0 Å². The van der Waals surface area contributed by atoms with Crippen LogP contribution in [0.5, 0.6) is 0 Å². The van der Waals surface area contributed by atoms with Gasteiger partial charge >= 0.3 is 5.97 Å². The third kappa shape index (κ3) is 3.26. The molecule has 2 N–H and O–H groups in total. The third-order valence-electron chi connectivity index (χ3n) is 3.69. The fourth-order valence-corrected chi connectivity index (χ4v) is 2.68. The van der Waals surface area contributed by atoms with E-state index in [1.54, 1.807) is 12.1 Å². The van der Waals surface area contributed by atoms with Crippen LogP contribution in [0.3, 0.4) is 0 Å². The number of para-hydroxylation sites is 1. The van der Waals surface area contributed by atoms with E-state index in [2.05, 4.69) is 17.1 Å². The lowest BCUT2D eigenvalue weighted by Gasteiger charge is -2.38. The molecule has 1 aromatic rings. The summed E-state index contributed by atoms with van der Waals surface area (Å²) < 4.78 is 0. The highest BCUT2D eigenvalue weighted by Crippen LogP contribution is 2.25. The normalized spacial score (nSPS) is 19.4. The molecule has 2 rings (SSSR count). The molecule has 0 amide bonds. The highest BCUT2D eigenvalue weighted by atomic mass is 16.4. The lowest BCUT2D eigenvalue weighted by atomic mass is 10.0. The van der Waals surface area contributed by atoms with Gasteiger partial charge in [-0.3, -0.25) is 0 Å². The summed E-state index contributed by atoms with van der Waals surface area (Å²) in [6, 6.07) is 7.72. The second kappa shape index (κ2) is 6.57. The van der Waals surface area contributed by atoms with E-state index in [1.165, 1.54) is 12.8 Å². The summed E-state index contributed by atoms with van der Waals surface area (Å²) in [5.74, 6) is -0.844. The van der Waals surface area contributed by atoms with Crippen LogP contribution in [0.25, 0.3) is 0 Å². The van der Waals surface area contributed by atoms with E-state index in [4.69, 9.17) is 0 Å². The van der Waals surface area contributed by atoms with Gasteiger partial charge in [-0.15, -0.1) is 0 Å². The highest BCUT2D eigenvalue weighted by Gasteiger charge is 2.25. The van der Waals surface area contributed by atoms with E-state index in [1.807, 2.05) is 12.1 Å². The average molecular weight is 262 g/mol. The lowest BCUT2D eigenvalue weighted by Crippen LogP contribution is -2.51. The SMILES string of the molecule is CCCCC1CNCCN1c1ccccc1C(=O)O. The molecular formula is C15H22N2O2. The van der Waals surface area contributed by atoms with Crippen molar-refractivity contribution in [1.82, 2.24) is 5.32 Å². The van der Waals surface area contributed by atoms with E-state index < -0.39 is 5.97 Å². The molecule has 1 saturated heterocycles. The molecule has 0 aromatic heterocycles. The third-order valence-corrected chi connectivity index (χ3v) is 3.69. The number of piperazine rings is 1. The maximum Gasteiger partial charge on any atom is 0.337 e. The van der Waals surface area contributed by atoms with Crippen LogP contribution in [0.15, 0.2) is 24.3 Å². The number of carbonyl (C=O) groups is 1. The van der Waals surface area contributed by atoms with Gasteiger partial charge in [0.2, 0.25) is 0 Å². The van der Waals surface area contributed by atoms with Crippen molar-refractivity contribution in [3.63, 3.8) is 0 Å². The minimum atomic E-state index is -0.844. The Balaban J connectivity index is 2.24. The van der Waals surface area contributed by atoms with Gasteiger partial charge in [0.15, 0.2) is 0 Å². The number of carboxylic acids is 1. The largest absolute Gasteiger partial charge is 0.478 e. The van der Waals surface area contributed by atoms with Crippen molar-refractivity contribution < 1.29 is 9.90 Å². The van der Waals surface area contributed by atoms with E-state index in [0.29, 0.717) is 11.6 Å². The van der Waals surface area contributed by atoms with Crippen molar-refractivity contribution in [2.24, 2.45) is 0 Å². The summed E-state index contributed by atoms with van der Waals surface area (Å²) in [7, 11) is 0. The molecule has 1 atom stereocenters. The maximum absolute atomic E-state index is 11.3. The highest BCUT2D eigenvalue weighted by molar-refractivity contribution is 5.94. The first-order valence-electron chi connectivity index (χ1n) is 7.03. The first-order chi connectivity index (χ1) is 9.24. The predicted molar refractivity (Wildman–Crippen MR) is 76.9 cm³/mol. The van der Waals surface area contributed by atoms with Gasteiger partial charge in [0.05, 0.1) is 11.3 Å². The number of rotatable bonds is 5. The van der Waals surface area contributed by atoms with Gasteiger partial charge in [-0.05, 0) is 18.6 Å². The van der Waals surface area contributed by atoms with E-state index >= 15 is 0 Å². The summed E-state index contributed by atoms with van der Waals surface area (Å²) in [5.41, 5.74) is 1.27. The topological polar surface area (TPSA) is 52.6 Å². The zero-order valence-corrected chi connectivity index (χ0v) is 11.4. The first kappa shape index (κ1) is 13.9. The summed E-state index contributed by atoms with van der Waals surface area (Å²) in [6.07, 6.45) is 3.46. The molecule has 0 radical (unpaired) electrons. The maximum atomic E-state index is 11.3. The van der Waals surface area contributed by atoms with Crippen LogP contribution < -0.4 is 10.2 Å². The van der Waals surface area contributed by atoms with Crippen molar-refractivity contribution in [3.8, 4) is 0 Å². The smallest absolute Gasteiger partial charge is 0.337 e. The Kier molecular flexibility index (Phi) is 4.80. The minimum Gasteiger partial charge on any atom is -0.478 e. The monoisotopic (exact) mass is 262 g/mol. The Hall–Kier alpha value is -1.55. The second-order valence-corrected chi connectivity index (χ2v) is 5.02. The van der Waals surface area contributed by atoms with Crippen LogP contribution >= 0.6 is 0 Å². The Labute approximate surface area is 114 Å². The lowest BCUT2D eigenvalue weighted by molar-refractivity contribution is 0.0697. The molecule has 0 bridgehead atoms. The quantitative estimate of drug-likeness (QED) is 0.855. The van der Waals surface area contributed by atoms with Crippen LogP contribution in [0, 0.1) is 0 Å². The molecule has 4 heteroatoms. The number of benzene rings is 1. The fourth-order valence-electron chi connectivity index (χ4n) is 2.68. The number of aromatic carboxylic acids is 1. The number of carboxylic acid groups (broad SMARTS) is 1. The molecule has 1 heterocycles. The zero-order valence-electron chi connectivity index (χ0n) is 11.4. The molecule has 1 fully saturated rings. The number of hydrogen-bond donors (Lipinski definition) is 2. The molecular weight excluding hydrogens is 240 g/mol. The second-order valence-electron chi connectivity index (χ2n) is 5.02. The van der Waals surface area contributed by atoms with Crippen molar-refractivity contribution in [2.45, 2.75) is 32.2 Å². The standard InChI is InChI=1S/C15H22N2O2/c1-2-3-6-12-11-16-9-10-17(12)14-8-5-4-7-13(14)15(18)19/h4-5,7-8,12,16H,2-3,6,9-11H2,1H3,(H,18,19). The van der Waals surface area contributed by atoms with Crippen LogP contribution in [-0.4, -0.2) is 36.8 Å². The summed E-state index contributed by atoms with van der Waals surface area (Å²) in [4.78, 5) is 13.6. The molecule has 4 nitrogen and oxygen atoms in total. The van der Waals surface area contributed by atoms with Crippen molar-refractivity contribution in [2.75, 3.05) is 24.5 Å². The molecule has 104 valence electrons. The molecule has 1 unspecified atom stereocenters. The summed E-state index contributed by atoms with van der Waals surface area (Å²) in [5, 5.41) is 12.7. The van der Waals surface area contributed by atoms with Crippen LogP contribution in [-0.2, 0) is 0 Å². The number of unbranched alkanes of at least 4 members (excludes halogenated alkanes) is 1. The number of nitrogens with zero attached hydrogens (tertiary/aromatic N) is 1. The first-order valence-corrected chi connectivity index (χ1v) is 7.03. The minimum absolute atomic E-state index is 0.397. The van der Waals surface area contributed by atoms with Crippen LogP contribution in [0.2, 0.25) is 0 Å². The van der Waals surface area contributed by atoms with Crippen LogP contribution in [0.4, 0.5) is 5.69 Å². The van der Waals surface area contributed by atoms with E-state index in [9.17, 15) is 9.90 Å². The Bertz CT molecular complexity index is 434. The number of nitrogens with one attached hydrogen (secondary N) is 1. The summed E-state index contributed by atoms with van der Waals surface area (Å²) in [6.45, 7) is 4.91. The Morgan fingerprint density at radius 1 is 1.47 bits per heavy atom. The van der Waals surface area contributed by atoms with Crippen molar-refractivity contribution in [3.05, 3.63) is 29.8 Å². The van der Waals surface area contributed by atoms with Crippen molar-refractivity contribution in [1.29, 1.82) is 0 Å². The summed E-state index contributed by atoms with van der Waals surface area (Å²) >= 11 is 0. The number of hydrogen-bond acceptors (Lipinski definition) is 3. The van der Waals surface area contributed by atoms with E-state index in [0.717, 1.165) is 31.7 Å². The Morgan fingerprint density at radius 2 is 2.26 bits per heavy atom. The fraction of sp³-hybridized carbons (Fsp3) is 0.533. The molecule has 0 aliphatic carbocycles. The van der Waals surface area contributed by atoms with Crippen LogP contribution in [0.1, 0.15) is 36.5 Å². The molecule has 1 aliphatic heterocycles. The molecule has 0 saturated carbocycles. The van der Waals surface area contributed by atoms with Gasteiger partial charge in [0, 0.05) is 25.7 Å². The average Bonchev–Trinajstić information content (AvgIpc) is 2.45. The van der Waals surface area contributed by atoms with Gasteiger partial charge in [-0.25, -0.2) is 4.79 Å². The zero-order chi connectivity index (χ0) is 13.7. The van der Waals surface area contributed by atoms with Gasteiger partial charge in [0.25, 0.3) is 0 Å². The van der Waals surface area contributed by atoms with Gasteiger partial charge < -0.3 is 15.3 Å². The van der Waals surface area contributed by atoms with E-state index in [-0.39, 0.29) is 0 Å². The predicted octanol–water partition coefficient (Wildman–Crippen LogP) is 2.35. The van der Waals surface area contributed by atoms with Crippen molar-refractivity contribution >= 4 is 11.7 Å². The Morgan fingerprint density at radius 3 is 3.00 bits per heavy atom.